The molecule has 1 aromatic heterocycles. The number of aliphatic hydroxyl groups is 1. The Balaban J connectivity index is 1.36. The zero-order valence-electron chi connectivity index (χ0n) is 16.3. The molecule has 2 saturated heterocycles. The molecule has 0 spiro atoms. The molecule has 154 valence electrons. The maximum absolute atomic E-state index is 12.2. The van der Waals surface area contributed by atoms with E-state index in [1.54, 1.807) is 12.4 Å². The molecule has 2 N–H and O–H groups in total. The van der Waals surface area contributed by atoms with Gasteiger partial charge in [0.25, 0.3) is 0 Å². The van der Waals surface area contributed by atoms with Gasteiger partial charge in [0.2, 0.25) is 5.91 Å². The molecule has 28 heavy (non-hydrogen) atoms. The molecule has 0 radical (unpaired) electrons. The van der Waals surface area contributed by atoms with Gasteiger partial charge in [-0.2, -0.15) is 0 Å². The number of aromatic nitrogens is 1. The van der Waals surface area contributed by atoms with Gasteiger partial charge in [0.1, 0.15) is 0 Å². The Morgan fingerprint density at radius 2 is 2.04 bits per heavy atom. The number of rotatable bonds is 6. The number of nitrogens with zero attached hydrogens (tertiary/aromatic N) is 2. The fourth-order valence-electron chi connectivity index (χ4n) is 4.21. The van der Waals surface area contributed by atoms with Gasteiger partial charge in [0.15, 0.2) is 0 Å². The molecule has 1 aliphatic carbocycles. The maximum Gasteiger partial charge on any atom is 0.222 e. The highest BCUT2D eigenvalue weighted by Gasteiger charge is 2.38. The third-order valence-electron chi connectivity index (χ3n) is 5.92. The molecule has 0 aromatic carbocycles. The maximum atomic E-state index is 12.2. The van der Waals surface area contributed by atoms with E-state index in [-0.39, 0.29) is 24.2 Å². The number of amides is 1. The predicted molar refractivity (Wildman–Crippen MR) is 104 cm³/mol. The molecule has 0 bridgehead atoms. The summed E-state index contributed by atoms with van der Waals surface area (Å²) in [7, 11) is 0. The van der Waals surface area contributed by atoms with E-state index in [0.717, 1.165) is 25.9 Å². The van der Waals surface area contributed by atoms with E-state index >= 15 is 0 Å². The van der Waals surface area contributed by atoms with Crippen molar-refractivity contribution in [3.05, 3.63) is 30.1 Å². The standard InChI is InChI=1S/C21H31N3O4/c25-17-12-24(11-16-5-7-22-8-6-16)19-4-3-18(28-20(19)14-27-13-17)9-21(26)23-10-15-1-2-15/h5-8,15,17-20,25H,1-4,9-14H2,(H,23,26)/t17-,18-,19+,20-/m0/s1. The first kappa shape index (κ1) is 19.8. The highest BCUT2D eigenvalue weighted by Crippen LogP contribution is 2.29. The highest BCUT2D eigenvalue weighted by atomic mass is 16.5. The van der Waals surface area contributed by atoms with Gasteiger partial charge in [-0.3, -0.25) is 14.7 Å². The Labute approximate surface area is 166 Å². The summed E-state index contributed by atoms with van der Waals surface area (Å²) in [4.78, 5) is 18.6. The number of carbonyl (C=O) groups is 1. The lowest BCUT2D eigenvalue weighted by atomic mass is 9.94. The Hall–Kier alpha value is -1.54. The van der Waals surface area contributed by atoms with Gasteiger partial charge in [0.05, 0.1) is 37.9 Å². The summed E-state index contributed by atoms with van der Waals surface area (Å²) in [5, 5.41) is 13.3. The average Bonchev–Trinajstić information content (AvgIpc) is 3.50. The third-order valence-corrected chi connectivity index (χ3v) is 5.92. The minimum absolute atomic E-state index is 0.0591. The number of fused-ring (bicyclic) bond motifs is 1. The first-order valence-electron chi connectivity index (χ1n) is 10.5. The van der Waals surface area contributed by atoms with Crippen LogP contribution in [0.4, 0.5) is 0 Å². The van der Waals surface area contributed by atoms with Crippen molar-refractivity contribution in [2.45, 2.75) is 63.0 Å². The van der Waals surface area contributed by atoms with E-state index in [0.29, 0.717) is 32.1 Å². The second-order valence-corrected chi connectivity index (χ2v) is 8.37. The van der Waals surface area contributed by atoms with Crippen LogP contribution in [0.5, 0.6) is 0 Å². The van der Waals surface area contributed by atoms with Crippen LogP contribution < -0.4 is 5.32 Å². The van der Waals surface area contributed by atoms with E-state index in [4.69, 9.17) is 9.47 Å². The predicted octanol–water partition coefficient (Wildman–Crippen LogP) is 1.11. The van der Waals surface area contributed by atoms with Crippen LogP contribution in [0.3, 0.4) is 0 Å². The van der Waals surface area contributed by atoms with Crippen LogP contribution >= 0.6 is 0 Å². The Morgan fingerprint density at radius 1 is 1.21 bits per heavy atom. The molecule has 7 nitrogen and oxygen atoms in total. The molecule has 3 aliphatic rings. The largest absolute Gasteiger partial charge is 0.389 e. The van der Waals surface area contributed by atoms with Gasteiger partial charge in [-0.05, 0) is 49.3 Å². The second-order valence-electron chi connectivity index (χ2n) is 8.37. The fraction of sp³-hybridized carbons (Fsp3) is 0.714. The van der Waals surface area contributed by atoms with E-state index in [1.807, 2.05) is 12.1 Å². The molecule has 7 heteroatoms. The van der Waals surface area contributed by atoms with Crippen LogP contribution in [0.1, 0.15) is 37.7 Å². The first-order valence-corrected chi connectivity index (χ1v) is 10.5. The van der Waals surface area contributed by atoms with Gasteiger partial charge in [-0.1, -0.05) is 0 Å². The zero-order chi connectivity index (χ0) is 19.3. The summed E-state index contributed by atoms with van der Waals surface area (Å²) in [6, 6.07) is 4.19. The van der Waals surface area contributed by atoms with Crippen LogP contribution in [-0.2, 0) is 20.8 Å². The number of hydrogen-bond donors (Lipinski definition) is 2. The van der Waals surface area contributed by atoms with Crippen molar-refractivity contribution in [3.63, 3.8) is 0 Å². The van der Waals surface area contributed by atoms with E-state index in [9.17, 15) is 9.90 Å². The fourth-order valence-corrected chi connectivity index (χ4v) is 4.21. The number of β-amino-alcohol motifs (C(OH)–C–C–N with tert-alkyl or cyclic N) is 1. The Bertz CT molecular complexity index is 640. The van der Waals surface area contributed by atoms with E-state index in [1.165, 1.54) is 18.4 Å². The third kappa shape index (κ3) is 5.50. The number of carbonyl (C=O) groups excluding carboxylic acids is 1. The van der Waals surface area contributed by atoms with Gasteiger partial charge in [0, 0.05) is 38.1 Å². The molecule has 1 amide bonds. The zero-order valence-corrected chi connectivity index (χ0v) is 16.3. The summed E-state index contributed by atoms with van der Waals surface area (Å²) in [6.07, 6.45) is 7.62. The van der Waals surface area contributed by atoms with Crippen molar-refractivity contribution in [1.82, 2.24) is 15.2 Å². The average molecular weight is 389 g/mol. The quantitative estimate of drug-likeness (QED) is 0.758. The van der Waals surface area contributed by atoms with Crippen molar-refractivity contribution in [1.29, 1.82) is 0 Å². The first-order chi connectivity index (χ1) is 13.7. The number of nitrogens with one attached hydrogen (secondary N) is 1. The van der Waals surface area contributed by atoms with Crippen molar-refractivity contribution in [3.8, 4) is 0 Å². The number of hydrogen-bond acceptors (Lipinski definition) is 6. The molecule has 3 heterocycles. The van der Waals surface area contributed by atoms with Gasteiger partial charge in [-0.25, -0.2) is 0 Å². The van der Waals surface area contributed by atoms with Crippen molar-refractivity contribution in [2.75, 3.05) is 26.3 Å². The Kier molecular flexibility index (Phi) is 6.57. The van der Waals surface area contributed by atoms with Crippen LogP contribution in [0.25, 0.3) is 0 Å². The van der Waals surface area contributed by atoms with Crippen LogP contribution in [0, 0.1) is 5.92 Å². The van der Waals surface area contributed by atoms with Gasteiger partial charge < -0.3 is 19.9 Å². The van der Waals surface area contributed by atoms with Crippen molar-refractivity contribution >= 4 is 5.91 Å². The SMILES string of the molecule is O=C(C[C@@H]1CC[C@@H]2[C@H](COC[C@@H](O)CN2Cc2ccncc2)O1)NCC1CC1. The van der Waals surface area contributed by atoms with Gasteiger partial charge in [-0.15, -0.1) is 0 Å². The van der Waals surface area contributed by atoms with Crippen molar-refractivity contribution in [2.24, 2.45) is 5.92 Å². The summed E-state index contributed by atoms with van der Waals surface area (Å²) >= 11 is 0. The molecule has 2 aliphatic heterocycles. The lowest BCUT2D eigenvalue weighted by Crippen LogP contribution is -2.55. The summed E-state index contributed by atoms with van der Waals surface area (Å²) in [5.74, 6) is 0.777. The second kappa shape index (κ2) is 9.31. The number of ether oxygens (including phenoxy) is 2. The van der Waals surface area contributed by atoms with E-state index in [2.05, 4.69) is 15.2 Å². The molecular formula is C21H31N3O4. The molecular weight excluding hydrogens is 358 g/mol. The minimum atomic E-state index is -0.506. The molecule has 4 atom stereocenters. The topological polar surface area (TPSA) is 83.9 Å². The highest BCUT2D eigenvalue weighted by molar-refractivity contribution is 5.76. The molecule has 3 fully saturated rings. The Morgan fingerprint density at radius 3 is 2.82 bits per heavy atom. The smallest absolute Gasteiger partial charge is 0.222 e. The van der Waals surface area contributed by atoms with E-state index < -0.39 is 6.10 Å². The lowest BCUT2D eigenvalue weighted by Gasteiger charge is -2.44. The van der Waals surface area contributed by atoms with Crippen LogP contribution in [0.15, 0.2) is 24.5 Å². The van der Waals surface area contributed by atoms with Gasteiger partial charge >= 0.3 is 0 Å². The van der Waals surface area contributed by atoms with Crippen molar-refractivity contribution < 1.29 is 19.4 Å². The molecule has 1 saturated carbocycles. The molecule has 4 rings (SSSR count). The minimum Gasteiger partial charge on any atom is -0.389 e. The number of aliphatic hydroxyl groups excluding tert-OH is 1. The summed E-state index contributed by atoms with van der Waals surface area (Å²) in [5.41, 5.74) is 1.17. The normalized spacial score (nSPS) is 31.5. The van der Waals surface area contributed by atoms with Crippen LogP contribution in [-0.4, -0.2) is 71.6 Å². The summed E-state index contributed by atoms with van der Waals surface area (Å²) in [6.45, 7) is 2.87. The van der Waals surface area contributed by atoms with Crippen LogP contribution in [0.2, 0.25) is 0 Å². The summed E-state index contributed by atoms with van der Waals surface area (Å²) < 4.78 is 12.0. The monoisotopic (exact) mass is 389 g/mol. The molecule has 1 aromatic rings. The number of pyridine rings is 1. The lowest BCUT2D eigenvalue weighted by molar-refractivity contribution is -0.158. The molecule has 0 unspecified atom stereocenters.